The van der Waals surface area contributed by atoms with E-state index in [1.807, 2.05) is 0 Å². The number of hydrogen-bond donors (Lipinski definition) is 1. The number of sulfonamides is 1. The van der Waals surface area contributed by atoms with Crippen molar-refractivity contribution in [2.75, 3.05) is 11.6 Å². The summed E-state index contributed by atoms with van der Waals surface area (Å²) in [7, 11) is -3.13. The van der Waals surface area contributed by atoms with Crippen LogP contribution in [0.4, 0.5) is 0 Å². The Bertz CT molecular complexity index is 327. The normalized spacial score (nSPS) is 24.8. The molecule has 1 aliphatic rings. The minimum absolute atomic E-state index is 0.0812. The predicted octanol–water partition coefficient (Wildman–Crippen LogP) is 2.89. The average molecular weight is 282 g/mol. The third-order valence-corrected chi connectivity index (χ3v) is 5.36. The highest BCUT2D eigenvalue weighted by Crippen LogP contribution is 2.35. The van der Waals surface area contributed by atoms with Gasteiger partial charge in [0.2, 0.25) is 10.0 Å². The molecule has 5 heteroatoms. The van der Waals surface area contributed by atoms with Crippen molar-refractivity contribution in [1.29, 1.82) is 0 Å². The van der Waals surface area contributed by atoms with Crippen molar-refractivity contribution >= 4 is 21.6 Å². The van der Waals surface area contributed by atoms with E-state index in [0.717, 1.165) is 25.7 Å². The van der Waals surface area contributed by atoms with Gasteiger partial charge in [0.1, 0.15) is 0 Å². The van der Waals surface area contributed by atoms with Crippen LogP contribution >= 0.6 is 11.6 Å². The number of unbranched alkanes of at least 4 members (excludes halogenated alkanes) is 1. The van der Waals surface area contributed by atoms with Gasteiger partial charge in [0.15, 0.2) is 0 Å². The highest BCUT2D eigenvalue weighted by atomic mass is 35.5. The van der Waals surface area contributed by atoms with Crippen LogP contribution in [0.25, 0.3) is 0 Å². The Morgan fingerprint density at radius 1 is 1.29 bits per heavy atom. The molecule has 1 aliphatic carbocycles. The monoisotopic (exact) mass is 281 g/mol. The van der Waals surface area contributed by atoms with Gasteiger partial charge in [0.25, 0.3) is 0 Å². The molecule has 1 atom stereocenters. The lowest BCUT2D eigenvalue weighted by molar-refractivity contribution is 0.188. The summed E-state index contributed by atoms with van der Waals surface area (Å²) in [5.41, 5.74) is 0.0812. The molecular formula is C12H24ClNO2S. The molecule has 1 fully saturated rings. The zero-order valence-electron chi connectivity index (χ0n) is 10.8. The highest BCUT2D eigenvalue weighted by molar-refractivity contribution is 7.89. The topological polar surface area (TPSA) is 46.2 Å². The zero-order valence-corrected chi connectivity index (χ0v) is 12.4. The number of hydrogen-bond acceptors (Lipinski definition) is 2. The second kappa shape index (κ2) is 6.39. The molecule has 0 aromatic rings. The fourth-order valence-corrected chi connectivity index (χ4v) is 4.14. The number of rotatable bonds is 6. The van der Waals surface area contributed by atoms with Crippen molar-refractivity contribution in [3.63, 3.8) is 0 Å². The fraction of sp³-hybridized carbons (Fsp3) is 1.00. The molecule has 1 saturated carbocycles. The summed E-state index contributed by atoms with van der Waals surface area (Å²) in [6, 6.07) is 0.0947. The summed E-state index contributed by atoms with van der Waals surface area (Å²) in [6.07, 6.45) is 5.79. The molecule has 0 bridgehead atoms. The second-order valence-electron chi connectivity index (χ2n) is 5.62. The van der Waals surface area contributed by atoms with Gasteiger partial charge in [-0.25, -0.2) is 13.1 Å². The quantitative estimate of drug-likeness (QED) is 0.601. The van der Waals surface area contributed by atoms with Crippen molar-refractivity contribution in [3.8, 4) is 0 Å². The molecule has 1 N–H and O–H groups in total. The van der Waals surface area contributed by atoms with Crippen molar-refractivity contribution in [2.45, 2.75) is 58.4 Å². The maximum atomic E-state index is 11.9. The molecule has 1 unspecified atom stereocenters. The summed E-state index contributed by atoms with van der Waals surface area (Å²) in [6.45, 7) is 4.30. The smallest absolute Gasteiger partial charge is 0.211 e. The lowest BCUT2D eigenvalue weighted by Crippen LogP contribution is -2.47. The minimum atomic E-state index is -3.13. The second-order valence-corrected chi connectivity index (χ2v) is 7.87. The van der Waals surface area contributed by atoms with Crippen LogP contribution in [0.2, 0.25) is 0 Å². The van der Waals surface area contributed by atoms with Gasteiger partial charge in [-0.1, -0.05) is 26.7 Å². The van der Waals surface area contributed by atoms with Crippen molar-refractivity contribution < 1.29 is 8.42 Å². The summed E-state index contributed by atoms with van der Waals surface area (Å²) in [4.78, 5) is 0. The molecule has 0 heterocycles. The van der Waals surface area contributed by atoms with E-state index in [1.165, 1.54) is 6.42 Å². The predicted molar refractivity (Wildman–Crippen MR) is 72.9 cm³/mol. The molecule has 0 aliphatic heterocycles. The van der Waals surface area contributed by atoms with Gasteiger partial charge in [0, 0.05) is 11.9 Å². The first-order valence-electron chi connectivity index (χ1n) is 6.43. The van der Waals surface area contributed by atoms with E-state index in [-0.39, 0.29) is 17.2 Å². The van der Waals surface area contributed by atoms with E-state index in [2.05, 4.69) is 18.6 Å². The molecule has 3 nitrogen and oxygen atoms in total. The van der Waals surface area contributed by atoms with E-state index in [1.54, 1.807) is 0 Å². The van der Waals surface area contributed by atoms with Crippen LogP contribution in [0, 0.1) is 5.41 Å². The lowest BCUT2D eigenvalue weighted by atomic mass is 9.74. The van der Waals surface area contributed by atoms with Crippen LogP contribution in [-0.4, -0.2) is 26.1 Å². The third-order valence-electron chi connectivity index (χ3n) is 3.63. The van der Waals surface area contributed by atoms with Gasteiger partial charge < -0.3 is 0 Å². The zero-order chi connectivity index (χ0) is 12.9. The Hall–Kier alpha value is 0.200. The Balaban J connectivity index is 2.51. The fourth-order valence-electron chi connectivity index (χ4n) is 2.37. The number of nitrogens with one attached hydrogen (secondary N) is 1. The van der Waals surface area contributed by atoms with E-state index < -0.39 is 10.0 Å². The third kappa shape index (κ3) is 5.14. The van der Waals surface area contributed by atoms with Crippen LogP contribution in [0.5, 0.6) is 0 Å². The van der Waals surface area contributed by atoms with Gasteiger partial charge in [-0.3, -0.25) is 0 Å². The Labute approximate surface area is 110 Å². The molecular weight excluding hydrogens is 258 g/mol. The van der Waals surface area contributed by atoms with Crippen LogP contribution in [0.3, 0.4) is 0 Å². The first-order chi connectivity index (χ1) is 7.87. The van der Waals surface area contributed by atoms with Crippen LogP contribution in [-0.2, 0) is 10.0 Å². The molecule has 0 aromatic heterocycles. The minimum Gasteiger partial charge on any atom is -0.212 e. The largest absolute Gasteiger partial charge is 0.212 e. The van der Waals surface area contributed by atoms with Gasteiger partial charge >= 0.3 is 0 Å². The maximum absolute atomic E-state index is 11.9. The van der Waals surface area contributed by atoms with E-state index in [4.69, 9.17) is 11.6 Å². The van der Waals surface area contributed by atoms with Crippen molar-refractivity contribution in [2.24, 2.45) is 5.41 Å². The molecule has 0 saturated heterocycles. The summed E-state index contributed by atoms with van der Waals surface area (Å²) < 4.78 is 26.7. The molecule has 0 radical (unpaired) electrons. The summed E-state index contributed by atoms with van der Waals surface area (Å²) >= 11 is 5.55. The average Bonchev–Trinajstić information content (AvgIpc) is 2.21. The molecule has 1 rings (SSSR count). The van der Waals surface area contributed by atoms with Gasteiger partial charge in [-0.2, -0.15) is 0 Å². The Morgan fingerprint density at radius 3 is 2.59 bits per heavy atom. The van der Waals surface area contributed by atoms with Crippen molar-refractivity contribution in [3.05, 3.63) is 0 Å². The summed E-state index contributed by atoms with van der Waals surface area (Å²) in [5, 5.41) is 0. The Kier molecular flexibility index (Phi) is 5.74. The summed E-state index contributed by atoms with van der Waals surface area (Å²) in [5.74, 6) is 0.733. The first-order valence-corrected chi connectivity index (χ1v) is 8.62. The van der Waals surface area contributed by atoms with Gasteiger partial charge in [0.05, 0.1) is 5.75 Å². The van der Waals surface area contributed by atoms with Crippen molar-refractivity contribution in [1.82, 2.24) is 4.72 Å². The lowest BCUT2D eigenvalue weighted by Gasteiger charge is -2.38. The first kappa shape index (κ1) is 15.3. The van der Waals surface area contributed by atoms with E-state index >= 15 is 0 Å². The standard InChI is InChI=1S/C12H24ClNO2S/c1-12(2)8-4-3-7-11(12)14-17(15,16)10-6-5-9-13/h11,14H,3-10H2,1-2H3. The SMILES string of the molecule is CC1(C)CCCCC1NS(=O)(=O)CCCCCl. The molecule has 0 amide bonds. The molecule has 0 spiro atoms. The highest BCUT2D eigenvalue weighted by Gasteiger charge is 2.34. The van der Waals surface area contributed by atoms with E-state index in [0.29, 0.717) is 12.3 Å². The number of alkyl halides is 1. The van der Waals surface area contributed by atoms with Crippen LogP contribution in [0.15, 0.2) is 0 Å². The van der Waals surface area contributed by atoms with Gasteiger partial charge in [-0.15, -0.1) is 11.6 Å². The van der Waals surface area contributed by atoms with Crippen LogP contribution in [0.1, 0.15) is 52.4 Å². The molecule has 0 aromatic carbocycles. The van der Waals surface area contributed by atoms with E-state index in [9.17, 15) is 8.42 Å². The number of halogens is 1. The maximum Gasteiger partial charge on any atom is 0.211 e. The Morgan fingerprint density at radius 2 is 2.00 bits per heavy atom. The van der Waals surface area contributed by atoms with Crippen LogP contribution < -0.4 is 4.72 Å². The molecule has 102 valence electrons. The molecule has 17 heavy (non-hydrogen) atoms. The van der Waals surface area contributed by atoms with Gasteiger partial charge in [-0.05, 0) is 31.1 Å².